The molecule has 0 aliphatic carbocycles. The Bertz CT molecular complexity index is 511. The molecule has 3 rings (SSSR count). The van der Waals surface area contributed by atoms with E-state index < -0.39 is 0 Å². The summed E-state index contributed by atoms with van der Waals surface area (Å²) in [6, 6.07) is 0. The molecule has 0 amide bonds. The van der Waals surface area contributed by atoms with Gasteiger partial charge in [-0.1, -0.05) is 31.4 Å². The normalized spacial score (nSPS) is 24.7. The highest BCUT2D eigenvalue weighted by molar-refractivity contribution is 8.00. The number of unbranched alkanes of at least 4 members (excludes halogenated alkanes) is 2. The van der Waals surface area contributed by atoms with E-state index in [1.807, 2.05) is 11.8 Å². The summed E-state index contributed by atoms with van der Waals surface area (Å²) in [5, 5.41) is 5.64. The summed E-state index contributed by atoms with van der Waals surface area (Å²) in [5.41, 5.74) is 1.19. The lowest BCUT2D eigenvalue weighted by molar-refractivity contribution is 0.264. The molecule has 2 atom stereocenters. The minimum Gasteiger partial charge on any atom is -0.354 e. The van der Waals surface area contributed by atoms with Crippen LogP contribution in [0.1, 0.15) is 44.1 Å². The summed E-state index contributed by atoms with van der Waals surface area (Å²) in [4.78, 5) is 11.6. The van der Waals surface area contributed by atoms with Crippen molar-refractivity contribution in [1.82, 2.24) is 14.9 Å². The van der Waals surface area contributed by atoms with Gasteiger partial charge in [0.15, 0.2) is 0 Å². The predicted octanol–water partition coefficient (Wildman–Crippen LogP) is 3.63. The van der Waals surface area contributed by atoms with Crippen LogP contribution in [0.2, 0.25) is 5.15 Å². The van der Waals surface area contributed by atoms with Crippen LogP contribution in [0.4, 0.5) is 5.95 Å². The van der Waals surface area contributed by atoms with Gasteiger partial charge in [-0.15, -0.1) is 11.8 Å². The van der Waals surface area contributed by atoms with E-state index in [-0.39, 0.29) is 0 Å². The summed E-state index contributed by atoms with van der Waals surface area (Å²) < 4.78 is 0. The Balaban J connectivity index is 1.73. The molecule has 21 heavy (non-hydrogen) atoms. The van der Waals surface area contributed by atoms with Crippen LogP contribution in [0.5, 0.6) is 0 Å². The SMILES string of the molecule is CCCCCNc1nc(Cl)c2c(n1)SC1CN(C)CCC21. The highest BCUT2D eigenvalue weighted by Crippen LogP contribution is 2.50. The molecule has 6 heteroatoms. The number of hydrogen-bond donors (Lipinski definition) is 1. The number of halogens is 1. The Hall–Kier alpha value is -0.520. The highest BCUT2D eigenvalue weighted by atomic mass is 35.5. The summed E-state index contributed by atoms with van der Waals surface area (Å²) >= 11 is 8.33. The van der Waals surface area contributed by atoms with E-state index in [2.05, 4.69) is 29.2 Å². The molecule has 1 N–H and O–H groups in total. The van der Waals surface area contributed by atoms with E-state index in [4.69, 9.17) is 16.6 Å². The van der Waals surface area contributed by atoms with Gasteiger partial charge in [-0.2, -0.15) is 0 Å². The Kier molecular flexibility index (Phi) is 4.92. The Morgan fingerprint density at radius 1 is 1.38 bits per heavy atom. The van der Waals surface area contributed by atoms with E-state index in [1.54, 1.807) is 0 Å². The van der Waals surface area contributed by atoms with Crippen molar-refractivity contribution >= 4 is 29.3 Å². The molecule has 0 aromatic carbocycles. The third-order valence-electron chi connectivity index (χ3n) is 4.32. The molecule has 4 nitrogen and oxygen atoms in total. The van der Waals surface area contributed by atoms with Gasteiger partial charge in [0.05, 0.1) is 0 Å². The van der Waals surface area contributed by atoms with Crippen LogP contribution >= 0.6 is 23.4 Å². The van der Waals surface area contributed by atoms with E-state index in [0.29, 0.717) is 22.3 Å². The number of piperidine rings is 1. The largest absolute Gasteiger partial charge is 0.354 e. The third kappa shape index (κ3) is 3.30. The van der Waals surface area contributed by atoms with Gasteiger partial charge in [-0.05, 0) is 26.4 Å². The molecule has 1 aromatic heterocycles. The smallest absolute Gasteiger partial charge is 0.225 e. The zero-order valence-electron chi connectivity index (χ0n) is 12.7. The van der Waals surface area contributed by atoms with Crippen molar-refractivity contribution in [2.75, 3.05) is 32.0 Å². The fraction of sp³-hybridized carbons (Fsp3) is 0.733. The van der Waals surface area contributed by atoms with Crippen molar-refractivity contribution < 1.29 is 0 Å². The van der Waals surface area contributed by atoms with Crippen molar-refractivity contribution in [3.8, 4) is 0 Å². The van der Waals surface area contributed by atoms with Gasteiger partial charge in [0.25, 0.3) is 0 Å². The fourth-order valence-electron chi connectivity index (χ4n) is 3.14. The molecule has 2 unspecified atom stereocenters. The Morgan fingerprint density at radius 3 is 3.05 bits per heavy atom. The quantitative estimate of drug-likeness (QED) is 0.661. The summed E-state index contributed by atoms with van der Waals surface area (Å²) in [7, 11) is 2.19. The van der Waals surface area contributed by atoms with Gasteiger partial charge >= 0.3 is 0 Å². The van der Waals surface area contributed by atoms with Gasteiger partial charge in [0.2, 0.25) is 5.95 Å². The van der Waals surface area contributed by atoms with E-state index in [0.717, 1.165) is 37.5 Å². The number of nitrogens with zero attached hydrogens (tertiary/aromatic N) is 3. The second kappa shape index (κ2) is 6.71. The first-order chi connectivity index (χ1) is 10.2. The molecule has 0 radical (unpaired) electrons. The van der Waals surface area contributed by atoms with Gasteiger partial charge in [0, 0.05) is 29.8 Å². The van der Waals surface area contributed by atoms with Crippen molar-refractivity contribution in [1.29, 1.82) is 0 Å². The summed E-state index contributed by atoms with van der Waals surface area (Å²) in [5.74, 6) is 1.22. The van der Waals surface area contributed by atoms with Crippen LogP contribution in [0.15, 0.2) is 5.03 Å². The maximum Gasteiger partial charge on any atom is 0.225 e. The monoisotopic (exact) mass is 326 g/mol. The molecule has 2 aliphatic heterocycles. The predicted molar refractivity (Wildman–Crippen MR) is 89.6 cm³/mol. The van der Waals surface area contributed by atoms with Gasteiger partial charge < -0.3 is 10.2 Å². The molecule has 0 spiro atoms. The van der Waals surface area contributed by atoms with Crippen LogP contribution in [0, 0.1) is 0 Å². The maximum absolute atomic E-state index is 6.45. The first-order valence-electron chi connectivity index (χ1n) is 7.85. The van der Waals surface area contributed by atoms with E-state index in [1.165, 1.54) is 18.4 Å². The zero-order valence-corrected chi connectivity index (χ0v) is 14.3. The number of fused-ring (bicyclic) bond motifs is 3. The molecule has 3 heterocycles. The summed E-state index contributed by atoms with van der Waals surface area (Å²) in [6.45, 7) is 5.37. The zero-order chi connectivity index (χ0) is 14.8. The van der Waals surface area contributed by atoms with Crippen molar-refractivity contribution in [2.24, 2.45) is 0 Å². The second-order valence-corrected chi connectivity index (χ2v) is 7.59. The van der Waals surface area contributed by atoms with Crippen LogP contribution < -0.4 is 5.32 Å². The van der Waals surface area contributed by atoms with Crippen LogP contribution in [0.25, 0.3) is 0 Å². The molecule has 116 valence electrons. The molecule has 1 fully saturated rings. The average Bonchev–Trinajstić information content (AvgIpc) is 2.81. The number of thioether (sulfide) groups is 1. The number of rotatable bonds is 5. The number of aromatic nitrogens is 2. The van der Waals surface area contributed by atoms with Crippen LogP contribution in [0.3, 0.4) is 0 Å². The van der Waals surface area contributed by atoms with Gasteiger partial charge in [-0.3, -0.25) is 0 Å². The minimum absolute atomic E-state index is 0.530. The topological polar surface area (TPSA) is 41.1 Å². The Labute approximate surface area is 136 Å². The summed E-state index contributed by atoms with van der Waals surface area (Å²) in [6.07, 6.45) is 4.77. The minimum atomic E-state index is 0.530. The number of likely N-dealkylation sites (tertiary alicyclic amines) is 1. The van der Waals surface area contributed by atoms with Crippen LogP contribution in [-0.2, 0) is 0 Å². The van der Waals surface area contributed by atoms with E-state index in [9.17, 15) is 0 Å². The first kappa shape index (κ1) is 15.4. The molecule has 0 saturated carbocycles. The molecular formula is C15H23ClN4S. The molecular weight excluding hydrogens is 304 g/mol. The van der Waals surface area contributed by atoms with Gasteiger partial charge in [-0.25, -0.2) is 9.97 Å². The van der Waals surface area contributed by atoms with Crippen molar-refractivity contribution in [2.45, 2.75) is 48.8 Å². The number of anilines is 1. The number of nitrogens with one attached hydrogen (secondary N) is 1. The molecule has 0 bridgehead atoms. The first-order valence-corrected chi connectivity index (χ1v) is 9.11. The third-order valence-corrected chi connectivity index (χ3v) is 5.93. The fourth-order valence-corrected chi connectivity index (χ4v) is 5.07. The number of hydrogen-bond acceptors (Lipinski definition) is 5. The average molecular weight is 327 g/mol. The lowest BCUT2D eigenvalue weighted by Crippen LogP contribution is -2.36. The highest BCUT2D eigenvalue weighted by Gasteiger charge is 2.40. The van der Waals surface area contributed by atoms with Crippen molar-refractivity contribution in [3.63, 3.8) is 0 Å². The lowest BCUT2D eigenvalue weighted by Gasteiger charge is -2.31. The van der Waals surface area contributed by atoms with Gasteiger partial charge in [0.1, 0.15) is 10.2 Å². The van der Waals surface area contributed by atoms with E-state index >= 15 is 0 Å². The second-order valence-electron chi connectivity index (χ2n) is 6.00. The van der Waals surface area contributed by atoms with Crippen molar-refractivity contribution in [3.05, 3.63) is 10.7 Å². The standard InChI is InChI=1S/C15H23ClN4S/c1-3-4-5-7-17-15-18-13(16)12-10-6-8-20(2)9-11(10)21-14(12)19-15/h10-11H,3-9H2,1-2H3,(H,17,18,19). The lowest BCUT2D eigenvalue weighted by atomic mass is 9.91. The molecule has 2 aliphatic rings. The van der Waals surface area contributed by atoms with Crippen LogP contribution in [-0.4, -0.2) is 46.8 Å². The Morgan fingerprint density at radius 2 is 2.24 bits per heavy atom. The molecule has 1 saturated heterocycles. The maximum atomic E-state index is 6.45. The molecule has 1 aromatic rings.